The van der Waals surface area contributed by atoms with Crippen LogP contribution in [0.25, 0.3) is 6.08 Å². The Morgan fingerprint density at radius 3 is 2.21 bits per heavy atom. The molecule has 0 radical (unpaired) electrons. The molecule has 1 aliphatic heterocycles. The molecule has 3 aromatic rings. The number of nitrogens with zero attached hydrogens (tertiary/aromatic N) is 1. The zero-order valence-electron chi connectivity index (χ0n) is 18.9. The van der Waals surface area contributed by atoms with Gasteiger partial charge in [0.15, 0.2) is 0 Å². The molecule has 1 heterocycles. The average molecular weight is 493 g/mol. The number of barbiturate groups is 1. The third kappa shape index (κ3) is 4.91. The Morgan fingerprint density at radius 1 is 0.853 bits per heavy atom. The topological polar surface area (TPSA) is 66.5 Å². The van der Waals surface area contributed by atoms with E-state index in [0.29, 0.717) is 22.0 Å². The molecule has 0 aromatic heterocycles. The number of anilines is 1. The number of urea groups is 1. The summed E-state index contributed by atoms with van der Waals surface area (Å²) in [4.78, 5) is 38.9. The van der Waals surface area contributed by atoms with Crippen LogP contribution in [0.3, 0.4) is 0 Å². The van der Waals surface area contributed by atoms with Crippen molar-refractivity contribution in [2.45, 2.75) is 27.2 Å². The number of benzene rings is 3. The number of hydrogen-bond acceptors (Lipinski definition) is 3. The number of halogens is 2. The van der Waals surface area contributed by atoms with Crippen LogP contribution in [0.5, 0.6) is 0 Å². The zero-order chi connectivity index (χ0) is 24.6. The van der Waals surface area contributed by atoms with E-state index in [9.17, 15) is 14.4 Å². The zero-order valence-corrected chi connectivity index (χ0v) is 20.4. The van der Waals surface area contributed by atoms with Gasteiger partial charge in [0.05, 0.1) is 5.69 Å². The van der Waals surface area contributed by atoms with Gasteiger partial charge in [-0.2, -0.15) is 0 Å². The van der Waals surface area contributed by atoms with Crippen LogP contribution in [0.15, 0.2) is 60.2 Å². The second-order valence-electron chi connectivity index (χ2n) is 8.41. The number of carbonyl (C=O) groups is 3. The van der Waals surface area contributed by atoms with Crippen molar-refractivity contribution in [1.82, 2.24) is 5.32 Å². The van der Waals surface area contributed by atoms with Crippen LogP contribution in [-0.4, -0.2) is 17.8 Å². The quantitative estimate of drug-likeness (QED) is 0.349. The molecule has 172 valence electrons. The maximum Gasteiger partial charge on any atom is 0.335 e. The van der Waals surface area contributed by atoms with Crippen molar-refractivity contribution < 1.29 is 14.4 Å². The first kappa shape index (κ1) is 23.7. The van der Waals surface area contributed by atoms with Gasteiger partial charge in [0.25, 0.3) is 11.8 Å². The Hall–Kier alpha value is -3.41. The number of rotatable bonds is 4. The molecule has 0 spiro atoms. The largest absolute Gasteiger partial charge is 0.335 e. The predicted molar refractivity (Wildman–Crippen MR) is 135 cm³/mol. The molecule has 4 rings (SSSR count). The second kappa shape index (κ2) is 9.45. The highest BCUT2D eigenvalue weighted by Gasteiger charge is 2.37. The molecule has 0 saturated carbocycles. The Kier molecular flexibility index (Phi) is 6.60. The van der Waals surface area contributed by atoms with Crippen LogP contribution in [0.1, 0.15) is 33.4 Å². The minimum absolute atomic E-state index is 0.172. The van der Waals surface area contributed by atoms with Crippen LogP contribution in [0.4, 0.5) is 10.5 Å². The molecule has 4 amide bonds. The highest BCUT2D eigenvalue weighted by molar-refractivity contribution is 6.39. The van der Waals surface area contributed by atoms with E-state index in [2.05, 4.69) is 37.4 Å². The first-order valence-corrected chi connectivity index (χ1v) is 11.4. The fourth-order valence-corrected chi connectivity index (χ4v) is 4.40. The van der Waals surface area contributed by atoms with Crippen molar-refractivity contribution in [1.29, 1.82) is 0 Å². The van der Waals surface area contributed by atoms with Gasteiger partial charge in [0.2, 0.25) is 0 Å². The van der Waals surface area contributed by atoms with Crippen molar-refractivity contribution in [3.8, 4) is 0 Å². The molecule has 0 atom stereocenters. The summed E-state index contributed by atoms with van der Waals surface area (Å²) in [5.74, 6) is -1.50. The van der Waals surface area contributed by atoms with Crippen LogP contribution in [0, 0.1) is 20.8 Å². The lowest BCUT2D eigenvalue weighted by Gasteiger charge is -2.26. The lowest BCUT2D eigenvalue weighted by atomic mass is 9.99. The van der Waals surface area contributed by atoms with Gasteiger partial charge in [-0.05, 0) is 73.7 Å². The molecule has 34 heavy (non-hydrogen) atoms. The van der Waals surface area contributed by atoms with Crippen molar-refractivity contribution >= 4 is 52.8 Å². The number of aryl methyl sites for hydroxylation is 3. The van der Waals surface area contributed by atoms with E-state index in [1.54, 1.807) is 24.3 Å². The summed E-state index contributed by atoms with van der Waals surface area (Å²) in [5.41, 5.74) is 5.93. The SMILES string of the molecule is Cc1cc(C)cc(Cc2ccc(/C=C3\C(=O)NC(=O)N(c4ccc(C)c(Cl)c4)C3=O)cc2Cl)c1. The number of nitrogens with one attached hydrogen (secondary N) is 1. The fourth-order valence-electron chi connectivity index (χ4n) is 3.97. The van der Waals surface area contributed by atoms with Crippen molar-refractivity contribution in [2.24, 2.45) is 0 Å². The van der Waals surface area contributed by atoms with Crippen LogP contribution in [-0.2, 0) is 16.0 Å². The molecule has 1 N–H and O–H groups in total. The molecule has 1 aliphatic rings. The first-order chi connectivity index (χ1) is 16.1. The summed E-state index contributed by atoms with van der Waals surface area (Å²) in [6.45, 7) is 5.92. The van der Waals surface area contributed by atoms with Gasteiger partial charge < -0.3 is 0 Å². The minimum atomic E-state index is -0.825. The maximum atomic E-state index is 13.1. The summed E-state index contributed by atoms with van der Waals surface area (Å²) in [7, 11) is 0. The van der Waals surface area contributed by atoms with E-state index < -0.39 is 17.8 Å². The molecule has 1 saturated heterocycles. The molecule has 1 fully saturated rings. The highest BCUT2D eigenvalue weighted by atomic mass is 35.5. The summed E-state index contributed by atoms with van der Waals surface area (Å²) in [6, 6.07) is 15.7. The Bertz CT molecular complexity index is 1360. The molecule has 0 unspecified atom stereocenters. The number of hydrogen-bond donors (Lipinski definition) is 1. The van der Waals surface area contributed by atoms with Crippen molar-refractivity contribution in [3.63, 3.8) is 0 Å². The van der Waals surface area contributed by atoms with Crippen molar-refractivity contribution in [3.05, 3.63) is 104 Å². The summed E-state index contributed by atoms with van der Waals surface area (Å²) < 4.78 is 0. The maximum absolute atomic E-state index is 13.1. The van der Waals surface area contributed by atoms with Crippen LogP contribution in [0.2, 0.25) is 10.0 Å². The molecular weight excluding hydrogens is 471 g/mol. The highest BCUT2D eigenvalue weighted by Crippen LogP contribution is 2.28. The summed E-state index contributed by atoms with van der Waals surface area (Å²) >= 11 is 12.7. The van der Waals surface area contributed by atoms with Crippen LogP contribution < -0.4 is 10.2 Å². The molecule has 7 heteroatoms. The lowest BCUT2D eigenvalue weighted by Crippen LogP contribution is -2.54. The van der Waals surface area contributed by atoms with Crippen LogP contribution >= 0.6 is 23.2 Å². The standard InChI is InChI=1S/C27H22Cl2N2O3/c1-15-8-16(2)10-19(9-15)11-20-6-5-18(13-24(20)29)12-22-25(32)30-27(34)31(26(22)33)21-7-4-17(3)23(28)14-21/h4-10,12-14H,11H2,1-3H3,(H,30,32,34)/b22-12+. The lowest BCUT2D eigenvalue weighted by molar-refractivity contribution is -0.122. The van der Waals surface area contributed by atoms with E-state index in [4.69, 9.17) is 23.2 Å². The summed E-state index contributed by atoms with van der Waals surface area (Å²) in [6.07, 6.45) is 2.09. The van der Waals surface area contributed by atoms with Gasteiger partial charge in [0.1, 0.15) is 5.57 Å². The van der Waals surface area contributed by atoms with Crippen molar-refractivity contribution in [2.75, 3.05) is 4.90 Å². The smallest absolute Gasteiger partial charge is 0.273 e. The third-order valence-electron chi connectivity index (χ3n) is 5.58. The Labute approximate surface area is 208 Å². The Morgan fingerprint density at radius 2 is 1.56 bits per heavy atom. The van der Waals surface area contributed by atoms with E-state index in [1.807, 2.05) is 13.0 Å². The van der Waals surface area contributed by atoms with E-state index in [0.717, 1.165) is 21.6 Å². The van der Waals surface area contributed by atoms with Gasteiger partial charge in [0, 0.05) is 10.0 Å². The Balaban J connectivity index is 1.63. The van der Waals surface area contributed by atoms with Gasteiger partial charge in [-0.1, -0.05) is 70.7 Å². The molecule has 3 aromatic carbocycles. The van der Waals surface area contributed by atoms with Gasteiger partial charge in [-0.15, -0.1) is 0 Å². The van der Waals surface area contributed by atoms with E-state index in [-0.39, 0.29) is 11.3 Å². The minimum Gasteiger partial charge on any atom is -0.273 e. The van der Waals surface area contributed by atoms with E-state index in [1.165, 1.54) is 23.3 Å². The second-order valence-corrected chi connectivity index (χ2v) is 9.23. The monoisotopic (exact) mass is 492 g/mol. The first-order valence-electron chi connectivity index (χ1n) is 10.7. The fraction of sp³-hybridized carbons (Fsp3) is 0.148. The molecule has 0 bridgehead atoms. The average Bonchev–Trinajstić information content (AvgIpc) is 2.74. The van der Waals surface area contributed by atoms with Gasteiger partial charge in [-0.25, -0.2) is 9.69 Å². The molecule has 5 nitrogen and oxygen atoms in total. The van der Waals surface area contributed by atoms with Gasteiger partial charge in [-0.3, -0.25) is 14.9 Å². The normalized spacial score (nSPS) is 15.1. The third-order valence-corrected chi connectivity index (χ3v) is 6.34. The number of amides is 4. The molecule has 0 aliphatic carbocycles. The summed E-state index contributed by atoms with van der Waals surface area (Å²) in [5, 5.41) is 3.15. The molecular formula is C27H22Cl2N2O3. The van der Waals surface area contributed by atoms with Gasteiger partial charge >= 0.3 is 6.03 Å². The predicted octanol–water partition coefficient (Wildman–Crippen LogP) is 6.18. The number of carbonyl (C=O) groups excluding carboxylic acids is 3. The number of imide groups is 2. The van der Waals surface area contributed by atoms with E-state index >= 15 is 0 Å².